The van der Waals surface area contributed by atoms with Crippen molar-refractivity contribution in [1.82, 2.24) is 10.5 Å². The molecule has 0 saturated heterocycles. The third-order valence-corrected chi connectivity index (χ3v) is 4.19. The second-order valence-corrected chi connectivity index (χ2v) is 6.33. The second-order valence-electron chi connectivity index (χ2n) is 6.33. The number of para-hydroxylation sites is 1. The van der Waals surface area contributed by atoms with E-state index in [-0.39, 0.29) is 17.7 Å². The summed E-state index contributed by atoms with van der Waals surface area (Å²) in [5.41, 5.74) is 1.60. The first-order valence-corrected chi connectivity index (χ1v) is 8.54. The van der Waals surface area contributed by atoms with Crippen LogP contribution in [0.25, 0.3) is 11.3 Å². The second kappa shape index (κ2) is 7.03. The normalized spacial score (nSPS) is 13.2. The quantitative estimate of drug-likeness (QED) is 0.723. The molecule has 0 radical (unpaired) electrons. The van der Waals surface area contributed by atoms with Crippen LogP contribution in [0.15, 0.2) is 59.1 Å². The molecule has 1 aromatic heterocycles. The number of amides is 2. The lowest BCUT2D eigenvalue weighted by atomic mass is 10.1. The number of halogens is 1. The van der Waals surface area contributed by atoms with Crippen LogP contribution in [0, 0.1) is 5.82 Å². The first-order valence-electron chi connectivity index (χ1n) is 8.54. The Morgan fingerprint density at radius 1 is 1.04 bits per heavy atom. The minimum Gasteiger partial charge on any atom is -0.350 e. The molecule has 3 aromatic rings. The van der Waals surface area contributed by atoms with Crippen molar-refractivity contribution in [3.8, 4) is 11.3 Å². The number of hydrogen-bond acceptors (Lipinski definition) is 4. The van der Waals surface area contributed by atoms with E-state index in [2.05, 4.69) is 15.8 Å². The molecule has 0 unspecified atom stereocenters. The Labute approximate surface area is 154 Å². The Morgan fingerprint density at radius 3 is 2.63 bits per heavy atom. The summed E-state index contributed by atoms with van der Waals surface area (Å²) in [6, 6.07) is 14.2. The number of carbonyl (C=O) groups is 2. The summed E-state index contributed by atoms with van der Waals surface area (Å²) in [5, 5.41) is 9.38. The van der Waals surface area contributed by atoms with Gasteiger partial charge in [0.1, 0.15) is 11.5 Å². The van der Waals surface area contributed by atoms with Gasteiger partial charge in [0.05, 0.1) is 11.3 Å². The zero-order chi connectivity index (χ0) is 18.8. The van der Waals surface area contributed by atoms with Crippen molar-refractivity contribution in [2.45, 2.75) is 18.9 Å². The van der Waals surface area contributed by atoms with Crippen LogP contribution >= 0.6 is 0 Å². The van der Waals surface area contributed by atoms with Gasteiger partial charge in [-0.15, -0.1) is 0 Å². The Kier molecular flexibility index (Phi) is 4.42. The summed E-state index contributed by atoms with van der Waals surface area (Å²) in [5.74, 6) is -1.22. The van der Waals surface area contributed by atoms with Gasteiger partial charge in [0.2, 0.25) is 5.76 Å². The predicted octanol–water partition coefficient (Wildman–Crippen LogP) is 3.63. The molecule has 1 saturated carbocycles. The maximum absolute atomic E-state index is 13.3. The molecule has 0 aliphatic heterocycles. The van der Waals surface area contributed by atoms with Crippen LogP contribution in [-0.4, -0.2) is 23.0 Å². The molecule has 0 bridgehead atoms. The largest absolute Gasteiger partial charge is 0.350 e. The van der Waals surface area contributed by atoms with E-state index in [0.717, 1.165) is 12.8 Å². The van der Waals surface area contributed by atoms with E-state index in [4.69, 9.17) is 4.52 Å². The molecule has 2 amide bonds. The number of nitrogens with zero attached hydrogens (tertiary/aromatic N) is 1. The van der Waals surface area contributed by atoms with Crippen LogP contribution in [0.3, 0.4) is 0 Å². The maximum atomic E-state index is 13.3. The average Bonchev–Trinajstić information content (AvgIpc) is 3.33. The molecule has 1 aliphatic carbocycles. The Balaban J connectivity index is 1.52. The molecular formula is C20H16FN3O3. The Hall–Kier alpha value is -3.48. The number of hydrogen-bond donors (Lipinski definition) is 2. The molecule has 1 fully saturated rings. The highest BCUT2D eigenvalue weighted by molar-refractivity contribution is 6.08. The zero-order valence-electron chi connectivity index (χ0n) is 14.2. The molecule has 6 nitrogen and oxygen atoms in total. The fourth-order valence-corrected chi connectivity index (χ4v) is 2.63. The SMILES string of the molecule is O=C(Nc1ccccc1C(=O)NC1CC1)c1cc(-c2cccc(F)c2)no1. The van der Waals surface area contributed by atoms with Gasteiger partial charge in [0, 0.05) is 17.7 Å². The molecule has 0 atom stereocenters. The molecule has 1 aliphatic rings. The van der Waals surface area contributed by atoms with E-state index >= 15 is 0 Å². The standard InChI is InChI=1S/C20H16FN3O3/c21-13-5-3-4-12(10-13)17-11-18(27-24-17)20(26)23-16-7-2-1-6-15(16)19(25)22-14-8-9-14/h1-7,10-11,14H,8-9H2,(H,22,25)(H,23,26). The highest BCUT2D eigenvalue weighted by Gasteiger charge is 2.25. The van der Waals surface area contributed by atoms with Gasteiger partial charge < -0.3 is 15.2 Å². The molecule has 136 valence electrons. The number of nitrogens with one attached hydrogen (secondary N) is 2. The van der Waals surface area contributed by atoms with E-state index in [9.17, 15) is 14.0 Å². The highest BCUT2D eigenvalue weighted by Crippen LogP contribution is 2.23. The molecule has 4 rings (SSSR count). The third-order valence-electron chi connectivity index (χ3n) is 4.19. The van der Waals surface area contributed by atoms with Crippen LogP contribution in [-0.2, 0) is 0 Å². The van der Waals surface area contributed by atoms with Crippen LogP contribution < -0.4 is 10.6 Å². The summed E-state index contributed by atoms with van der Waals surface area (Å²) in [4.78, 5) is 24.8. The summed E-state index contributed by atoms with van der Waals surface area (Å²) in [7, 11) is 0. The lowest BCUT2D eigenvalue weighted by molar-refractivity contribution is 0.0952. The van der Waals surface area contributed by atoms with Crippen molar-refractivity contribution >= 4 is 17.5 Å². The van der Waals surface area contributed by atoms with Crippen LogP contribution in [0.5, 0.6) is 0 Å². The first-order chi connectivity index (χ1) is 13.1. The van der Waals surface area contributed by atoms with Gasteiger partial charge in [-0.1, -0.05) is 29.4 Å². The van der Waals surface area contributed by atoms with Gasteiger partial charge in [-0.2, -0.15) is 0 Å². The summed E-state index contributed by atoms with van der Waals surface area (Å²) >= 11 is 0. The van der Waals surface area contributed by atoms with Crippen LogP contribution in [0.4, 0.5) is 10.1 Å². The fourth-order valence-electron chi connectivity index (χ4n) is 2.63. The van der Waals surface area contributed by atoms with Crippen molar-refractivity contribution < 1.29 is 18.5 Å². The number of benzene rings is 2. The summed E-state index contributed by atoms with van der Waals surface area (Å²) in [6.07, 6.45) is 1.95. The molecule has 1 heterocycles. The van der Waals surface area contributed by atoms with E-state index in [0.29, 0.717) is 22.5 Å². The number of carbonyl (C=O) groups excluding carboxylic acids is 2. The monoisotopic (exact) mass is 365 g/mol. The smallest absolute Gasteiger partial charge is 0.294 e. The van der Waals surface area contributed by atoms with Gasteiger partial charge >= 0.3 is 0 Å². The number of rotatable bonds is 5. The van der Waals surface area contributed by atoms with Crippen molar-refractivity contribution in [2.75, 3.05) is 5.32 Å². The van der Waals surface area contributed by atoms with Gasteiger partial charge in [0.25, 0.3) is 11.8 Å². The van der Waals surface area contributed by atoms with Crippen LogP contribution in [0.1, 0.15) is 33.8 Å². The number of aromatic nitrogens is 1. The van der Waals surface area contributed by atoms with Crippen molar-refractivity contribution in [3.63, 3.8) is 0 Å². The molecule has 2 N–H and O–H groups in total. The Morgan fingerprint density at radius 2 is 1.85 bits per heavy atom. The van der Waals surface area contributed by atoms with Gasteiger partial charge in [-0.25, -0.2) is 4.39 Å². The summed E-state index contributed by atoms with van der Waals surface area (Å²) < 4.78 is 18.4. The average molecular weight is 365 g/mol. The fraction of sp³-hybridized carbons (Fsp3) is 0.150. The lowest BCUT2D eigenvalue weighted by Gasteiger charge is -2.10. The topological polar surface area (TPSA) is 84.2 Å². The van der Waals surface area contributed by atoms with Crippen molar-refractivity contribution in [3.05, 3.63) is 71.7 Å². The van der Waals surface area contributed by atoms with Gasteiger partial charge in [-0.3, -0.25) is 9.59 Å². The van der Waals surface area contributed by atoms with E-state index in [1.807, 2.05) is 0 Å². The molecule has 7 heteroatoms. The van der Waals surface area contributed by atoms with Crippen LogP contribution in [0.2, 0.25) is 0 Å². The lowest BCUT2D eigenvalue weighted by Crippen LogP contribution is -2.26. The minimum absolute atomic E-state index is 0.0355. The molecule has 2 aromatic carbocycles. The zero-order valence-corrected chi connectivity index (χ0v) is 14.2. The molecule has 0 spiro atoms. The van der Waals surface area contributed by atoms with Crippen molar-refractivity contribution in [1.29, 1.82) is 0 Å². The molecule has 27 heavy (non-hydrogen) atoms. The maximum Gasteiger partial charge on any atom is 0.294 e. The minimum atomic E-state index is -0.545. The third kappa shape index (κ3) is 3.87. The number of anilines is 1. The molecular weight excluding hydrogens is 349 g/mol. The van der Waals surface area contributed by atoms with Gasteiger partial charge in [-0.05, 0) is 37.1 Å². The van der Waals surface area contributed by atoms with Gasteiger partial charge in [0.15, 0.2) is 0 Å². The van der Waals surface area contributed by atoms with E-state index in [1.54, 1.807) is 36.4 Å². The first kappa shape index (κ1) is 17.0. The van der Waals surface area contributed by atoms with E-state index in [1.165, 1.54) is 18.2 Å². The highest BCUT2D eigenvalue weighted by atomic mass is 19.1. The van der Waals surface area contributed by atoms with Crippen molar-refractivity contribution in [2.24, 2.45) is 0 Å². The van der Waals surface area contributed by atoms with E-state index < -0.39 is 11.7 Å². The predicted molar refractivity (Wildman–Crippen MR) is 96.8 cm³/mol. The Bertz CT molecular complexity index is 1010. The summed E-state index contributed by atoms with van der Waals surface area (Å²) in [6.45, 7) is 0.